The van der Waals surface area contributed by atoms with Crippen LogP contribution in [0.2, 0.25) is 0 Å². The van der Waals surface area contributed by atoms with Gasteiger partial charge in [0.2, 0.25) is 11.8 Å². The van der Waals surface area contributed by atoms with Gasteiger partial charge in [0.05, 0.1) is 24.6 Å². The van der Waals surface area contributed by atoms with Crippen LogP contribution in [0.4, 0.5) is 0 Å². The van der Waals surface area contributed by atoms with E-state index < -0.39 is 0 Å². The molecule has 3 rings (SSSR count). The van der Waals surface area contributed by atoms with E-state index in [0.717, 1.165) is 39.2 Å². The second kappa shape index (κ2) is 9.37. The first-order valence-electron chi connectivity index (χ1n) is 10.6. The van der Waals surface area contributed by atoms with Crippen molar-refractivity contribution in [3.8, 4) is 11.6 Å². The van der Waals surface area contributed by atoms with Crippen molar-refractivity contribution < 1.29 is 14.3 Å². The Morgan fingerprint density at radius 1 is 1.23 bits per heavy atom. The molecule has 0 saturated carbocycles. The lowest BCUT2D eigenvalue weighted by atomic mass is 10.00. The monoisotopic (exact) mass is 424 g/mol. The van der Waals surface area contributed by atoms with Gasteiger partial charge in [0.25, 0.3) is 0 Å². The van der Waals surface area contributed by atoms with Crippen LogP contribution in [0.25, 0.3) is 11.0 Å². The number of hydrogen-bond donors (Lipinski definition) is 1. The van der Waals surface area contributed by atoms with Gasteiger partial charge >= 0.3 is 0 Å². The van der Waals surface area contributed by atoms with Crippen LogP contribution in [-0.4, -0.2) is 33.9 Å². The molecule has 2 heterocycles. The van der Waals surface area contributed by atoms with Crippen LogP contribution in [0.3, 0.4) is 0 Å². The van der Waals surface area contributed by atoms with E-state index in [9.17, 15) is 4.79 Å². The molecule has 7 nitrogen and oxygen atoms in total. The molecule has 7 heteroatoms. The largest absolute Gasteiger partial charge is 0.491 e. The molecule has 1 N–H and O–H groups in total. The Morgan fingerprint density at radius 3 is 2.65 bits per heavy atom. The van der Waals surface area contributed by atoms with Gasteiger partial charge in [-0.2, -0.15) is 0 Å². The summed E-state index contributed by atoms with van der Waals surface area (Å²) in [5.41, 5.74) is 4.84. The normalized spacial score (nSPS) is 12.3. The molecule has 166 valence electrons. The Labute approximate surface area is 183 Å². The Kier molecular flexibility index (Phi) is 6.83. The van der Waals surface area contributed by atoms with Gasteiger partial charge in [0.15, 0.2) is 5.65 Å². The van der Waals surface area contributed by atoms with E-state index in [1.165, 1.54) is 0 Å². The van der Waals surface area contributed by atoms with Crippen LogP contribution < -0.4 is 14.8 Å². The molecule has 31 heavy (non-hydrogen) atoms. The summed E-state index contributed by atoms with van der Waals surface area (Å²) in [7, 11) is 3.46. The number of rotatable bonds is 8. The van der Waals surface area contributed by atoms with E-state index in [1.807, 2.05) is 65.9 Å². The first-order chi connectivity index (χ1) is 14.7. The molecule has 0 radical (unpaired) electrons. The number of nitrogens with one attached hydrogen (secondary N) is 1. The number of fused-ring (bicyclic) bond motifs is 1. The molecule has 0 fully saturated rings. The summed E-state index contributed by atoms with van der Waals surface area (Å²) in [6, 6.07) is 7.75. The first kappa shape index (κ1) is 22.6. The summed E-state index contributed by atoms with van der Waals surface area (Å²) in [5, 5.41) is 8.38. The second-order valence-electron chi connectivity index (χ2n) is 8.16. The minimum Gasteiger partial charge on any atom is -0.491 e. The van der Waals surface area contributed by atoms with Crippen molar-refractivity contribution >= 4 is 16.9 Å². The van der Waals surface area contributed by atoms with E-state index in [2.05, 4.69) is 10.4 Å². The van der Waals surface area contributed by atoms with Gasteiger partial charge in [0, 0.05) is 19.2 Å². The summed E-state index contributed by atoms with van der Waals surface area (Å²) in [4.78, 5) is 17.4. The quantitative estimate of drug-likeness (QED) is 0.587. The second-order valence-corrected chi connectivity index (χ2v) is 8.16. The fraction of sp³-hybridized carbons (Fsp3) is 0.458. The maximum Gasteiger partial charge on any atom is 0.242 e. The van der Waals surface area contributed by atoms with Crippen LogP contribution in [0.15, 0.2) is 24.3 Å². The zero-order valence-electron chi connectivity index (χ0n) is 19.4. The van der Waals surface area contributed by atoms with E-state index in [4.69, 9.17) is 14.5 Å². The fourth-order valence-corrected chi connectivity index (χ4v) is 3.87. The van der Waals surface area contributed by atoms with Crippen molar-refractivity contribution in [2.45, 2.75) is 59.6 Å². The van der Waals surface area contributed by atoms with Crippen molar-refractivity contribution in [1.29, 1.82) is 0 Å². The average molecular weight is 425 g/mol. The van der Waals surface area contributed by atoms with Gasteiger partial charge < -0.3 is 14.8 Å². The van der Waals surface area contributed by atoms with Crippen molar-refractivity contribution in [3.63, 3.8) is 0 Å². The molecule has 0 bridgehead atoms. The third-order valence-corrected chi connectivity index (χ3v) is 5.43. The van der Waals surface area contributed by atoms with E-state index in [1.54, 1.807) is 11.8 Å². The molecule has 1 atom stereocenters. The van der Waals surface area contributed by atoms with Crippen molar-refractivity contribution in [1.82, 2.24) is 20.1 Å². The maximum absolute atomic E-state index is 12.7. The number of aromatic nitrogens is 3. The maximum atomic E-state index is 12.7. The Hall–Kier alpha value is -3.09. The number of aryl methyl sites for hydroxylation is 3. The SMILES string of the molecule is COc1nn(C)c2nc(C)c(CCC(=O)N[C@@H](C)c3cccc(OC(C)C)c3)c(C)c12. The molecule has 0 aliphatic rings. The van der Waals surface area contributed by atoms with Crippen LogP contribution in [0.5, 0.6) is 11.6 Å². The Morgan fingerprint density at radius 2 is 1.97 bits per heavy atom. The van der Waals surface area contributed by atoms with E-state index in [-0.39, 0.29) is 18.1 Å². The lowest BCUT2D eigenvalue weighted by Gasteiger charge is -2.17. The van der Waals surface area contributed by atoms with Gasteiger partial charge in [-0.1, -0.05) is 12.1 Å². The predicted octanol–water partition coefficient (Wildman–Crippen LogP) is 4.19. The Balaban J connectivity index is 1.70. The molecule has 1 amide bonds. The third kappa shape index (κ3) is 4.98. The lowest BCUT2D eigenvalue weighted by molar-refractivity contribution is -0.121. The molecule has 0 aliphatic heterocycles. The lowest BCUT2D eigenvalue weighted by Crippen LogP contribution is -2.27. The highest BCUT2D eigenvalue weighted by Gasteiger charge is 2.19. The molecule has 1 aromatic carbocycles. The number of hydrogen-bond acceptors (Lipinski definition) is 5. The fourth-order valence-electron chi connectivity index (χ4n) is 3.87. The standard InChI is InChI=1S/C24H32N4O3/c1-14(2)31-19-10-8-9-18(13-19)16(4)25-21(29)12-11-20-15(3)22-23(26-17(20)5)28(6)27-24(22)30-7/h8-10,13-14,16H,11-12H2,1-7H3,(H,25,29)/t16-/m0/s1. The molecule has 0 spiro atoms. The minimum atomic E-state index is -0.107. The number of amides is 1. The van der Waals surface area contributed by atoms with Gasteiger partial charge in [-0.25, -0.2) is 9.67 Å². The molecule has 2 aromatic heterocycles. The minimum absolute atomic E-state index is 0.000250. The van der Waals surface area contributed by atoms with Crippen LogP contribution in [-0.2, 0) is 18.3 Å². The number of pyridine rings is 1. The molecular formula is C24H32N4O3. The van der Waals surface area contributed by atoms with Crippen molar-refractivity contribution in [3.05, 3.63) is 46.6 Å². The third-order valence-electron chi connectivity index (χ3n) is 5.43. The first-order valence-corrected chi connectivity index (χ1v) is 10.6. The summed E-state index contributed by atoms with van der Waals surface area (Å²) in [6.07, 6.45) is 1.09. The van der Waals surface area contributed by atoms with Crippen molar-refractivity contribution in [2.24, 2.45) is 7.05 Å². The van der Waals surface area contributed by atoms with E-state index in [0.29, 0.717) is 18.7 Å². The number of carbonyl (C=O) groups is 1. The van der Waals surface area contributed by atoms with Crippen molar-refractivity contribution in [2.75, 3.05) is 7.11 Å². The average Bonchev–Trinajstić information content (AvgIpc) is 3.03. The smallest absolute Gasteiger partial charge is 0.242 e. The van der Waals surface area contributed by atoms with E-state index >= 15 is 0 Å². The highest BCUT2D eigenvalue weighted by atomic mass is 16.5. The topological polar surface area (TPSA) is 78.3 Å². The van der Waals surface area contributed by atoms with Gasteiger partial charge in [-0.15, -0.1) is 5.10 Å². The summed E-state index contributed by atoms with van der Waals surface area (Å²) >= 11 is 0. The number of benzene rings is 1. The van der Waals surface area contributed by atoms with Gasteiger partial charge in [-0.05, 0) is 69.9 Å². The molecule has 3 aromatic rings. The van der Waals surface area contributed by atoms with Gasteiger partial charge in [-0.3, -0.25) is 4.79 Å². The number of carbonyl (C=O) groups excluding carboxylic acids is 1. The van der Waals surface area contributed by atoms with Crippen LogP contribution in [0.1, 0.15) is 55.6 Å². The van der Waals surface area contributed by atoms with Crippen LogP contribution >= 0.6 is 0 Å². The summed E-state index contributed by atoms with van der Waals surface area (Å²) in [5.74, 6) is 1.37. The molecule has 0 saturated heterocycles. The molecule has 0 aliphatic carbocycles. The van der Waals surface area contributed by atoms with Crippen LogP contribution in [0, 0.1) is 13.8 Å². The number of ether oxygens (including phenoxy) is 2. The van der Waals surface area contributed by atoms with Gasteiger partial charge in [0.1, 0.15) is 5.75 Å². The zero-order valence-corrected chi connectivity index (χ0v) is 19.4. The number of nitrogens with zero attached hydrogens (tertiary/aromatic N) is 3. The predicted molar refractivity (Wildman–Crippen MR) is 122 cm³/mol. The zero-order chi connectivity index (χ0) is 22.7. The Bertz CT molecular complexity index is 1090. The molecule has 0 unspecified atom stereocenters. The molecular weight excluding hydrogens is 392 g/mol. The highest BCUT2D eigenvalue weighted by molar-refractivity contribution is 5.86. The summed E-state index contributed by atoms with van der Waals surface area (Å²) in [6.45, 7) is 9.99. The number of methoxy groups -OCH3 is 1. The summed E-state index contributed by atoms with van der Waals surface area (Å²) < 4.78 is 12.9. The highest BCUT2D eigenvalue weighted by Crippen LogP contribution is 2.30.